The van der Waals surface area contributed by atoms with E-state index in [1.807, 2.05) is 13.0 Å². The van der Waals surface area contributed by atoms with Crippen LogP contribution in [0.15, 0.2) is 12.3 Å². The molecule has 15 heavy (non-hydrogen) atoms. The summed E-state index contributed by atoms with van der Waals surface area (Å²) in [4.78, 5) is 0. The van der Waals surface area contributed by atoms with Crippen molar-refractivity contribution in [1.29, 1.82) is 0 Å². The predicted octanol–water partition coefficient (Wildman–Crippen LogP) is -0.261. The van der Waals surface area contributed by atoms with Gasteiger partial charge in [0, 0.05) is 12.2 Å². The molecule has 0 spiro atoms. The molecule has 1 unspecified atom stereocenters. The second-order valence-electron chi connectivity index (χ2n) is 3.41. The zero-order valence-corrected chi connectivity index (χ0v) is 9.42. The predicted molar refractivity (Wildman–Crippen MR) is 57.6 cm³/mol. The lowest BCUT2D eigenvalue weighted by atomic mass is 10.2. The van der Waals surface area contributed by atoms with Gasteiger partial charge in [0.05, 0.1) is 11.4 Å². The van der Waals surface area contributed by atoms with Crippen molar-refractivity contribution >= 4 is 10.0 Å². The summed E-state index contributed by atoms with van der Waals surface area (Å²) in [6, 6.07) is 2.00. The number of rotatable bonds is 6. The molecule has 1 atom stereocenters. The molecule has 0 aliphatic rings. The van der Waals surface area contributed by atoms with Crippen LogP contribution in [0.3, 0.4) is 0 Å². The molecule has 1 heterocycles. The van der Waals surface area contributed by atoms with Gasteiger partial charge in [0.25, 0.3) is 0 Å². The first-order valence-corrected chi connectivity index (χ1v) is 6.44. The fourth-order valence-electron chi connectivity index (χ4n) is 1.21. The van der Waals surface area contributed by atoms with Crippen LogP contribution in [0.4, 0.5) is 0 Å². The van der Waals surface area contributed by atoms with E-state index in [0.717, 1.165) is 5.69 Å². The molecule has 0 amide bonds. The lowest BCUT2D eigenvalue weighted by molar-refractivity contribution is 0.550. The number of nitrogens with one attached hydrogen (secondary N) is 2. The maximum Gasteiger partial charge on any atom is 0.209 e. The minimum Gasteiger partial charge on any atom is -0.309 e. The molecule has 1 rings (SSSR count). The molecule has 6 nitrogen and oxygen atoms in total. The molecule has 0 fully saturated rings. The molecule has 0 saturated heterocycles. The maximum atomic E-state index is 10.6. The Morgan fingerprint density at radius 2 is 2.40 bits per heavy atom. The first kappa shape index (κ1) is 12.2. The average Bonchev–Trinajstić information content (AvgIpc) is 2.63. The van der Waals surface area contributed by atoms with Gasteiger partial charge in [-0.15, -0.1) is 0 Å². The molecular weight excluding hydrogens is 216 g/mol. The molecule has 0 aliphatic heterocycles. The second-order valence-corrected chi connectivity index (χ2v) is 5.14. The molecule has 0 radical (unpaired) electrons. The van der Waals surface area contributed by atoms with E-state index in [9.17, 15) is 8.42 Å². The summed E-state index contributed by atoms with van der Waals surface area (Å²) >= 11 is 0. The van der Waals surface area contributed by atoms with Crippen molar-refractivity contribution in [3.63, 3.8) is 0 Å². The highest BCUT2D eigenvalue weighted by atomic mass is 32.2. The second kappa shape index (κ2) is 5.24. The van der Waals surface area contributed by atoms with Crippen molar-refractivity contribution in [3.8, 4) is 0 Å². The van der Waals surface area contributed by atoms with Gasteiger partial charge < -0.3 is 5.32 Å². The van der Waals surface area contributed by atoms with Gasteiger partial charge in [0.1, 0.15) is 0 Å². The summed E-state index contributed by atoms with van der Waals surface area (Å²) in [6.07, 6.45) is 2.19. The van der Waals surface area contributed by atoms with E-state index in [-0.39, 0.29) is 11.8 Å². The van der Waals surface area contributed by atoms with Gasteiger partial charge >= 0.3 is 0 Å². The lowest BCUT2D eigenvalue weighted by Gasteiger charge is -2.10. The number of aromatic nitrogens is 2. The number of aromatic amines is 1. The smallest absolute Gasteiger partial charge is 0.209 e. The van der Waals surface area contributed by atoms with Crippen LogP contribution in [0.1, 0.15) is 25.1 Å². The average molecular weight is 232 g/mol. The van der Waals surface area contributed by atoms with Gasteiger partial charge in [-0.05, 0) is 26.0 Å². The number of nitrogens with zero attached hydrogens (tertiary/aromatic N) is 1. The molecule has 7 heteroatoms. The standard InChI is InChI=1S/C8H16N4O2S/c1-7(8-3-5-11-12-8)10-4-2-6-15(9,13)14/h3,5,7,10H,2,4,6H2,1H3,(H,11,12)(H2,9,13,14). The minimum absolute atomic E-state index is 0.00962. The van der Waals surface area contributed by atoms with E-state index in [0.29, 0.717) is 13.0 Å². The number of sulfonamides is 1. The summed E-state index contributed by atoms with van der Waals surface area (Å²) in [5.74, 6) is 0.00962. The molecule has 0 aliphatic carbocycles. The first-order chi connectivity index (χ1) is 6.99. The topological polar surface area (TPSA) is 101 Å². The lowest BCUT2D eigenvalue weighted by Crippen LogP contribution is -2.24. The highest BCUT2D eigenvalue weighted by molar-refractivity contribution is 7.89. The highest BCUT2D eigenvalue weighted by Crippen LogP contribution is 2.06. The molecule has 1 aromatic heterocycles. The quantitative estimate of drug-likeness (QED) is 0.588. The van der Waals surface area contributed by atoms with E-state index < -0.39 is 10.0 Å². The summed E-state index contributed by atoms with van der Waals surface area (Å²) in [5.41, 5.74) is 0.977. The molecule has 4 N–H and O–H groups in total. The van der Waals surface area contributed by atoms with E-state index in [4.69, 9.17) is 5.14 Å². The van der Waals surface area contributed by atoms with Crippen LogP contribution < -0.4 is 10.5 Å². The zero-order chi connectivity index (χ0) is 11.3. The van der Waals surface area contributed by atoms with E-state index in [2.05, 4.69) is 15.5 Å². The zero-order valence-electron chi connectivity index (χ0n) is 8.60. The Balaban J connectivity index is 2.21. The molecule has 1 aromatic rings. The van der Waals surface area contributed by atoms with Gasteiger partial charge in [-0.1, -0.05) is 0 Å². The largest absolute Gasteiger partial charge is 0.309 e. The van der Waals surface area contributed by atoms with Crippen LogP contribution in [0.25, 0.3) is 0 Å². The summed E-state index contributed by atoms with van der Waals surface area (Å²) in [6.45, 7) is 2.58. The Morgan fingerprint density at radius 1 is 1.67 bits per heavy atom. The third-order valence-electron chi connectivity index (χ3n) is 2.04. The Kier molecular flexibility index (Phi) is 4.25. The van der Waals surface area contributed by atoms with Gasteiger partial charge in [-0.2, -0.15) is 5.10 Å². The summed E-state index contributed by atoms with van der Waals surface area (Å²) < 4.78 is 21.3. The fourth-order valence-corrected chi connectivity index (χ4v) is 1.76. The van der Waals surface area contributed by atoms with Crippen molar-refractivity contribution in [1.82, 2.24) is 15.5 Å². The highest BCUT2D eigenvalue weighted by Gasteiger charge is 2.06. The van der Waals surface area contributed by atoms with Crippen molar-refractivity contribution in [2.24, 2.45) is 5.14 Å². The third-order valence-corrected chi connectivity index (χ3v) is 2.90. The SMILES string of the molecule is CC(NCCCS(N)(=O)=O)c1ccn[nH]1. The number of primary sulfonamides is 1. The Hall–Kier alpha value is -0.920. The van der Waals surface area contributed by atoms with Crippen LogP contribution in [-0.4, -0.2) is 30.9 Å². The molecular formula is C8H16N4O2S. The Labute approximate surface area is 89.3 Å². The van der Waals surface area contributed by atoms with E-state index >= 15 is 0 Å². The van der Waals surface area contributed by atoms with E-state index in [1.165, 1.54) is 0 Å². The van der Waals surface area contributed by atoms with Crippen molar-refractivity contribution in [2.75, 3.05) is 12.3 Å². The summed E-state index contributed by atoms with van der Waals surface area (Å²) in [7, 11) is -3.34. The number of H-pyrrole nitrogens is 1. The Bertz CT molecular complexity index is 373. The minimum atomic E-state index is -3.34. The fraction of sp³-hybridized carbons (Fsp3) is 0.625. The van der Waals surface area contributed by atoms with Crippen molar-refractivity contribution in [2.45, 2.75) is 19.4 Å². The normalized spacial score (nSPS) is 14.0. The monoisotopic (exact) mass is 232 g/mol. The van der Waals surface area contributed by atoms with Crippen LogP contribution >= 0.6 is 0 Å². The van der Waals surface area contributed by atoms with Gasteiger partial charge in [0.2, 0.25) is 10.0 Å². The van der Waals surface area contributed by atoms with Gasteiger partial charge in [-0.3, -0.25) is 5.10 Å². The van der Waals surface area contributed by atoms with Crippen LogP contribution in [0.2, 0.25) is 0 Å². The van der Waals surface area contributed by atoms with Crippen LogP contribution in [0, 0.1) is 0 Å². The van der Waals surface area contributed by atoms with Crippen LogP contribution in [0.5, 0.6) is 0 Å². The third kappa shape index (κ3) is 4.91. The van der Waals surface area contributed by atoms with Crippen molar-refractivity contribution in [3.05, 3.63) is 18.0 Å². The van der Waals surface area contributed by atoms with Crippen LogP contribution in [-0.2, 0) is 10.0 Å². The molecule has 0 bridgehead atoms. The number of hydrogen-bond acceptors (Lipinski definition) is 4. The summed E-state index contributed by atoms with van der Waals surface area (Å²) in [5, 5.41) is 14.7. The van der Waals surface area contributed by atoms with E-state index in [1.54, 1.807) is 6.20 Å². The maximum absolute atomic E-state index is 10.6. The molecule has 0 aromatic carbocycles. The molecule has 0 saturated carbocycles. The van der Waals surface area contributed by atoms with Crippen molar-refractivity contribution < 1.29 is 8.42 Å². The number of hydrogen-bond donors (Lipinski definition) is 3. The number of nitrogens with two attached hydrogens (primary N) is 1. The van der Waals surface area contributed by atoms with Gasteiger partial charge in [-0.25, -0.2) is 13.6 Å². The Morgan fingerprint density at radius 3 is 2.93 bits per heavy atom. The molecule has 86 valence electrons. The van der Waals surface area contributed by atoms with Gasteiger partial charge in [0.15, 0.2) is 0 Å². The first-order valence-electron chi connectivity index (χ1n) is 4.72.